The summed E-state index contributed by atoms with van der Waals surface area (Å²) >= 11 is 0. The van der Waals surface area contributed by atoms with Gasteiger partial charge in [-0.2, -0.15) is 5.10 Å². The summed E-state index contributed by atoms with van der Waals surface area (Å²) in [6, 6.07) is 7.30. The lowest BCUT2D eigenvalue weighted by atomic mass is 9.95. The van der Waals surface area contributed by atoms with Gasteiger partial charge in [-0.05, 0) is 42.7 Å². The van der Waals surface area contributed by atoms with Crippen LogP contribution < -0.4 is 15.4 Å². The second-order valence-corrected chi connectivity index (χ2v) is 8.66. The van der Waals surface area contributed by atoms with Gasteiger partial charge in [-0.25, -0.2) is 4.68 Å². The molecule has 1 fully saturated rings. The standard InChI is InChI=1S/C14H16N4O.C10H11NO2.C3H8.2C2H6/c1-10-16-13(14(19)17-10)11-4-2-5-12(7-6-11)18-9-3-8-15-18;1-11-6-7-3-4-8(13-2)5-9(7)10(11)12;1-3-2;2*1-2/h3,5-9,11,13,16H,1-2,4H2,(H,17,19);3-5H,6H2,1-2H3;3H2,1-2H3;2*1-2H3. The number of nitrogens with zero attached hydrogens (tertiary/aromatic N) is 3. The van der Waals surface area contributed by atoms with Gasteiger partial charge in [0.1, 0.15) is 11.8 Å². The maximum absolute atomic E-state index is 11.8. The van der Waals surface area contributed by atoms with Crippen LogP contribution >= 0.6 is 0 Å². The van der Waals surface area contributed by atoms with E-state index in [0.717, 1.165) is 35.4 Å². The van der Waals surface area contributed by atoms with Crippen LogP contribution in [0.25, 0.3) is 5.70 Å². The normalized spacial score (nSPS) is 18.6. The Kier molecular flexibility index (Phi) is 15.0. The highest BCUT2D eigenvalue weighted by atomic mass is 16.5. The second kappa shape index (κ2) is 17.7. The molecule has 2 aliphatic heterocycles. The SMILES string of the molecule is C=C1NC(=O)C(C2C=CC(n3cccn3)=CCC2)N1.CC.CC.CCC.COc1ccc2c(c1)C(=O)N(C)C2. The number of nitrogens with one attached hydrogen (secondary N) is 2. The lowest BCUT2D eigenvalue weighted by Gasteiger charge is -2.16. The number of benzene rings is 1. The van der Waals surface area contributed by atoms with Gasteiger partial charge in [0, 0.05) is 37.5 Å². The number of aromatic nitrogens is 2. The van der Waals surface area contributed by atoms with Crippen LogP contribution in [0.1, 0.15) is 76.7 Å². The van der Waals surface area contributed by atoms with Crippen molar-refractivity contribution in [1.29, 1.82) is 0 Å². The van der Waals surface area contributed by atoms with E-state index in [4.69, 9.17) is 4.74 Å². The van der Waals surface area contributed by atoms with Crippen LogP contribution in [0.4, 0.5) is 0 Å². The number of amides is 2. The topological polar surface area (TPSA) is 88.5 Å². The van der Waals surface area contributed by atoms with E-state index >= 15 is 0 Å². The molecule has 1 aliphatic carbocycles. The molecule has 8 heteroatoms. The molecule has 1 aromatic heterocycles. The van der Waals surface area contributed by atoms with Crippen molar-refractivity contribution in [3.63, 3.8) is 0 Å². The first kappa shape index (κ1) is 33.2. The van der Waals surface area contributed by atoms with Gasteiger partial charge in [-0.1, -0.05) is 72.8 Å². The average molecular weight is 538 g/mol. The lowest BCUT2D eigenvalue weighted by Crippen LogP contribution is -2.35. The van der Waals surface area contributed by atoms with Crippen molar-refractivity contribution in [2.24, 2.45) is 5.92 Å². The van der Waals surface area contributed by atoms with Crippen molar-refractivity contribution in [1.82, 2.24) is 25.3 Å². The van der Waals surface area contributed by atoms with Crippen LogP contribution in [0.5, 0.6) is 5.75 Å². The van der Waals surface area contributed by atoms with E-state index in [9.17, 15) is 9.59 Å². The van der Waals surface area contributed by atoms with Gasteiger partial charge < -0.3 is 20.3 Å². The van der Waals surface area contributed by atoms with Gasteiger partial charge in [0.05, 0.1) is 18.6 Å². The molecule has 2 N–H and O–H groups in total. The third-order valence-corrected chi connectivity index (χ3v) is 5.75. The molecule has 3 heterocycles. The number of fused-ring (bicyclic) bond motifs is 1. The fraction of sp³-hybridized carbons (Fsp3) is 0.452. The number of methoxy groups -OCH3 is 1. The molecule has 1 saturated heterocycles. The molecule has 0 radical (unpaired) electrons. The van der Waals surface area contributed by atoms with E-state index in [0.29, 0.717) is 12.4 Å². The Labute approximate surface area is 234 Å². The summed E-state index contributed by atoms with van der Waals surface area (Å²) in [6.07, 6.45) is 13.0. The molecular weight excluding hydrogens is 490 g/mol. The van der Waals surface area contributed by atoms with E-state index in [1.54, 1.807) is 31.3 Å². The van der Waals surface area contributed by atoms with Crippen molar-refractivity contribution in [2.75, 3.05) is 14.2 Å². The van der Waals surface area contributed by atoms with Gasteiger partial charge in [0.2, 0.25) is 5.91 Å². The fourth-order valence-electron chi connectivity index (χ4n) is 4.05. The summed E-state index contributed by atoms with van der Waals surface area (Å²) in [4.78, 5) is 25.0. The number of ether oxygens (including phenoxy) is 1. The van der Waals surface area contributed by atoms with Crippen molar-refractivity contribution in [3.05, 3.63) is 78.4 Å². The van der Waals surface area contributed by atoms with Crippen LogP contribution in [0, 0.1) is 5.92 Å². The number of carbonyl (C=O) groups excluding carboxylic acids is 2. The molecule has 2 amide bonds. The Morgan fingerprint density at radius 3 is 2.41 bits per heavy atom. The predicted molar refractivity (Wildman–Crippen MR) is 160 cm³/mol. The van der Waals surface area contributed by atoms with Gasteiger partial charge in [-0.3, -0.25) is 9.59 Å². The summed E-state index contributed by atoms with van der Waals surface area (Å²) in [5.74, 6) is 1.58. The Morgan fingerprint density at radius 2 is 1.85 bits per heavy atom. The molecule has 2 aromatic rings. The number of allylic oxidation sites excluding steroid dienone is 3. The van der Waals surface area contributed by atoms with Crippen LogP contribution in [0.2, 0.25) is 0 Å². The molecule has 0 spiro atoms. The number of hydrogen-bond acceptors (Lipinski definition) is 5. The summed E-state index contributed by atoms with van der Waals surface area (Å²) in [7, 11) is 3.40. The summed E-state index contributed by atoms with van der Waals surface area (Å²) in [5, 5.41) is 10.0. The van der Waals surface area contributed by atoms with Crippen molar-refractivity contribution >= 4 is 17.5 Å². The Morgan fingerprint density at radius 1 is 1.15 bits per heavy atom. The molecule has 0 bridgehead atoms. The molecule has 39 heavy (non-hydrogen) atoms. The number of rotatable bonds is 3. The maximum atomic E-state index is 11.8. The van der Waals surface area contributed by atoms with Crippen LogP contribution in [-0.4, -0.2) is 46.7 Å². The zero-order chi connectivity index (χ0) is 29.4. The Balaban J connectivity index is 0.000000331. The van der Waals surface area contributed by atoms with Gasteiger partial charge in [-0.15, -0.1) is 0 Å². The van der Waals surface area contributed by atoms with E-state index in [1.807, 2.05) is 62.8 Å². The molecule has 2 unspecified atom stereocenters. The minimum Gasteiger partial charge on any atom is -0.497 e. The molecule has 0 saturated carbocycles. The van der Waals surface area contributed by atoms with Gasteiger partial charge in [0.25, 0.3) is 5.91 Å². The van der Waals surface area contributed by atoms with Crippen molar-refractivity contribution in [3.8, 4) is 5.75 Å². The summed E-state index contributed by atoms with van der Waals surface area (Å²) in [6.45, 7) is 16.7. The van der Waals surface area contributed by atoms with E-state index in [1.165, 1.54) is 6.42 Å². The number of carbonyl (C=O) groups is 2. The molecule has 2 atom stereocenters. The monoisotopic (exact) mass is 537 g/mol. The Hall–Kier alpha value is -3.81. The van der Waals surface area contributed by atoms with E-state index < -0.39 is 0 Å². The highest BCUT2D eigenvalue weighted by Gasteiger charge is 2.32. The van der Waals surface area contributed by atoms with E-state index in [2.05, 4.69) is 48.3 Å². The quantitative estimate of drug-likeness (QED) is 0.501. The first-order chi connectivity index (χ1) is 18.9. The van der Waals surface area contributed by atoms with Crippen molar-refractivity contribution < 1.29 is 14.3 Å². The molecule has 3 aliphatic rings. The van der Waals surface area contributed by atoms with Crippen molar-refractivity contribution in [2.45, 2.75) is 73.4 Å². The smallest absolute Gasteiger partial charge is 0.254 e. The Bertz CT molecular complexity index is 1110. The van der Waals surface area contributed by atoms with Crippen LogP contribution in [0.15, 0.2) is 67.3 Å². The first-order valence-corrected chi connectivity index (χ1v) is 13.9. The number of hydrogen-bond donors (Lipinski definition) is 2. The average Bonchev–Trinajstić information content (AvgIpc) is 3.62. The van der Waals surface area contributed by atoms with Gasteiger partial charge in [0.15, 0.2) is 0 Å². The van der Waals surface area contributed by atoms with Gasteiger partial charge >= 0.3 is 0 Å². The minimum absolute atomic E-state index is 0.00203. The van der Waals surface area contributed by atoms with E-state index in [-0.39, 0.29) is 23.8 Å². The molecule has 5 rings (SSSR count). The zero-order valence-corrected chi connectivity index (χ0v) is 25.0. The second-order valence-electron chi connectivity index (χ2n) is 8.66. The zero-order valence-electron chi connectivity index (χ0n) is 25.0. The first-order valence-electron chi connectivity index (χ1n) is 13.9. The fourth-order valence-corrected chi connectivity index (χ4v) is 4.05. The molecule has 214 valence electrons. The summed E-state index contributed by atoms with van der Waals surface area (Å²) < 4.78 is 6.89. The summed E-state index contributed by atoms with van der Waals surface area (Å²) in [5.41, 5.74) is 2.89. The third kappa shape index (κ3) is 9.46. The highest BCUT2D eigenvalue weighted by molar-refractivity contribution is 5.98. The van der Waals surface area contributed by atoms with Crippen LogP contribution in [0.3, 0.4) is 0 Å². The van der Waals surface area contributed by atoms with Crippen LogP contribution in [-0.2, 0) is 11.3 Å². The highest BCUT2D eigenvalue weighted by Crippen LogP contribution is 2.25. The minimum atomic E-state index is -0.214. The molecule has 1 aromatic carbocycles. The molecule has 8 nitrogen and oxygen atoms in total. The molecular formula is C31H47N5O3. The lowest BCUT2D eigenvalue weighted by molar-refractivity contribution is -0.121. The predicted octanol–water partition coefficient (Wildman–Crippen LogP) is 6.00. The largest absolute Gasteiger partial charge is 0.497 e. The third-order valence-electron chi connectivity index (χ3n) is 5.75. The maximum Gasteiger partial charge on any atom is 0.254 e.